The van der Waals surface area contributed by atoms with Crippen molar-refractivity contribution in [1.29, 1.82) is 5.26 Å². The Balaban J connectivity index is 2.81. The van der Waals surface area contributed by atoms with Gasteiger partial charge in [-0.1, -0.05) is 6.07 Å². The van der Waals surface area contributed by atoms with E-state index in [0.717, 1.165) is 0 Å². The molecular formula is C11H8INS. The van der Waals surface area contributed by atoms with E-state index in [1.165, 1.54) is 24.8 Å². The molecule has 3 heteroatoms. The number of hydrogen-bond acceptors (Lipinski definition) is 2. The van der Waals surface area contributed by atoms with Crippen molar-refractivity contribution in [3.8, 4) is 6.07 Å². The summed E-state index contributed by atoms with van der Waals surface area (Å²) < 4.78 is 2.54. The fourth-order valence-corrected chi connectivity index (χ4v) is 3.60. The van der Waals surface area contributed by atoms with Crippen molar-refractivity contribution in [3.63, 3.8) is 0 Å². The van der Waals surface area contributed by atoms with Gasteiger partial charge in [0.2, 0.25) is 0 Å². The molecule has 0 aliphatic rings. The summed E-state index contributed by atoms with van der Waals surface area (Å²) in [6, 6.07) is 6.47. The van der Waals surface area contributed by atoms with Gasteiger partial charge in [0.1, 0.15) is 0 Å². The molecule has 0 fully saturated rings. The number of thiophene rings is 1. The molecule has 0 atom stereocenters. The SMILES string of the molecule is Cc1ccc2scc(I)c2c1CC#N. The summed E-state index contributed by atoms with van der Waals surface area (Å²) in [7, 11) is 0. The van der Waals surface area contributed by atoms with Crippen molar-refractivity contribution in [2.45, 2.75) is 13.3 Å². The van der Waals surface area contributed by atoms with Gasteiger partial charge >= 0.3 is 0 Å². The van der Waals surface area contributed by atoms with E-state index < -0.39 is 0 Å². The molecule has 0 aliphatic carbocycles. The molecule has 1 heterocycles. The summed E-state index contributed by atoms with van der Waals surface area (Å²) in [5.74, 6) is 0. The minimum atomic E-state index is 0.510. The summed E-state index contributed by atoms with van der Waals surface area (Å²) in [4.78, 5) is 0. The Morgan fingerprint density at radius 1 is 1.50 bits per heavy atom. The predicted octanol–water partition coefficient (Wildman–Crippen LogP) is 3.88. The zero-order valence-electron chi connectivity index (χ0n) is 7.67. The molecule has 0 radical (unpaired) electrons. The van der Waals surface area contributed by atoms with E-state index in [1.807, 2.05) is 0 Å². The van der Waals surface area contributed by atoms with E-state index >= 15 is 0 Å². The second kappa shape index (κ2) is 3.87. The lowest BCUT2D eigenvalue weighted by Gasteiger charge is -2.03. The largest absolute Gasteiger partial charge is 0.198 e. The topological polar surface area (TPSA) is 23.8 Å². The Bertz CT molecular complexity index is 522. The van der Waals surface area contributed by atoms with E-state index in [0.29, 0.717) is 6.42 Å². The second-order valence-electron chi connectivity index (χ2n) is 3.15. The first-order chi connectivity index (χ1) is 6.74. The van der Waals surface area contributed by atoms with Gasteiger partial charge < -0.3 is 0 Å². The lowest BCUT2D eigenvalue weighted by Crippen LogP contribution is -1.88. The normalized spacial score (nSPS) is 10.4. The van der Waals surface area contributed by atoms with E-state index in [1.54, 1.807) is 11.3 Å². The molecule has 70 valence electrons. The van der Waals surface area contributed by atoms with E-state index in [9.17, 15) is 0 Å². The van der Waals surface area contributed by atoms with Crippen molar-refractivity contribution in [3.05, 3.63) is 32.2 Å². The van der Waals surface area contributed by atoms with E-state index in [2.05, 4.69) is 53.1 Å². The van der Waals surface area contributed by atoms with Crippen LogP contribution in [-0.2, 0) is 6.42 Å². The van der Waals surface area contributed by atoms with Gasteiger partial charge in [0.15, 0.2) is 0 Å². The zero-order chi connectivity index (χ0) is 10.1. The van der Waals surface area contributed by atoms with Crippen molar-refractivity contribution >= 4 is 44.0 Å². The van der Waals surface area contributed by atoms with Gasteiger partial charge in [-0.3, -0.25) is 0 Å². The molecule has 2 rings (SSSR count). The smallest absolute Gasteiger partial charge is 0.0670 e. The van der Waals surface area contributed by atoms with Crippen LogP contribution in [0.25, 0.3) is 10.1 Å². The molecule has 0 spiro atoms. The van der Waals surface area contributed by atoms with Crippen LogP contribution in [0.15, 0.2) is 17.5 Å². The molecule has 14 heavy (non-hydrogen) atoms. The fourth-order valence-electron chi connectivity index (χ4n) is 1.57. The van der Waals surface area contributed by atoms with Gasteiger partial charge in [0, 0.05) is 19.0 Å². The van der Waals surface area contributed by atoms with Crippen LogP contribution in [0, 0.1) is 21.8 Å². The first-order valence-corrected chi connectivity index (χ1v) is 6.22. The van der Waals surface area contributed by atoms with Crippen LogP contribution >= 0.6 is 33.9 Å². The average molecular weight is 313 g/mol. The van der Waals surface area contributed by atoms with Gasteiger partial charge in [-0.2, -0.15) is 5.26 Å². The Morgan fingerprint density at radius 3 is 3.00 bits per heavy atom. The number of fused-ring (bicyclic) bond motifs is 1. The second-order valence-corrected chi connectivity index (χ2v) is 5.23. The summed E-state index contributed by atoms with van der Waals surface area (Å²) in [5, 5.41) is 12.2. The van der Waals surface area contributed by atoms with Crippen molar-refractivity contribution in [2.24, 2.45) is 0 Å². The first kappa shape index (κ1) is 9.94. The molecule has 1 aromatic heterocycles. The highest BCUT2D eigenvalue weighted by Gasteiger charge is 2.08. The molecule has 0 aliphatic heterocycles. The van der Waals surface area contributed by atoms with Crippen LogP contribution in [0.2, 0.25) is 0 Å². The number of aryl methyl sites for hydroxylation is 1. The number of halogens is 1. The van der Waals surface area contributed by atoms with Crippen LogP contribution in [-0.4, -0.2) is 0 Å². The Labute approximate surface area is 101 Å². The third-order valence-electron chi connectivity index (χ3n) is 2.29. The fraction of sp³-hybridized carbons (Fsp3) is 0.182. The monoisotopic (exact) mass is 313 g/mol. The Hall–Kier alpha value is -0.600. The number of rotatable bonds is 1. The lowest BCUT2D eigenvalue weighted by molar-refractivity contribution is 1.24. The van der Waals surface area contributed by atoms with E-state index in [-0.39, 0.29) is 0 Å². The van der Waals surface area contributed by atoms with Crippen LogP contribution in [0.4, 0.5) is 0 Å². The minimum Gasteiger partial charge on any atom is -0.198 e. The molecule has 2 aromatic rings. The number of benzene rings is 1. The quantitative estimate of drug-likeness (QED) is 0.733. The van der Waals surface area contributed by atoms with Crippen LogP contribution in [0.3, 0.4) is 0 Å². The molecule has 0 unspecified atom stereocenters. The molecule has 0 saturated carbocycles. The molecule has 0 saturated heterocycles. The summed E-state index contributed by atoms with van der Waals surface area (Å²) in [6.45, 7) is 2.07. The van der Waals surface area contributed by atoms with Crippen molar-refractivity contribution < 1.29 is 0 Å². The summed E-state index contributed by atoms with van der Waals surface area (Å²) in [6.07, 6.45) is 0.510. The van der Waals surface area contributed by atoms with Gasteiger partial charge in [-0.15, -0.1) is 11.3 Å². The van der Waals surface area contributed by atoms with Crippen molar-refractivity contribution in [2.75, 3.05) is 0 Å². The summed E-state index contributed by atoms with van der Waals surface area (Å²) >= 11 is 4.08. The number of nitrogens with zero attached hydrogens (tertiary/aromatic N) is 1. The molecular weight excluding hydrogens is 305 g/mol. The highest BCUT2D eigenvalue weighted by molar-refractivity contribution is 14.1. The maximum atomic E-state index is 8.78. The Kier molecular flexibility index (Phi) is 2.75. The summed E-state index contributed by atoms with van der Waals surface area (Å²) in [5.41, 5.74) is 2.41. The van der Waals surface area contributed by atoms with E-state index in [4.69, 9.17) is 5.26 Å². The van der Waals surface area contributed by atoms with Crippen molar-refractivity contribution in [1.82, 2.24) is 0 Å². The van der Waals surface area contributed by atoms with Gasteiger partial charge in [0.25, 0.3) is 0 Å². The number of nitriles is 1. The first-order valence-electron chi connectivity index (χ1n) is 4.26. The zero-order valence-corrected chi connectivity index (χ0v) is 10.6. The third-order valence-corrected chi connectivity index (χ3v) is 4.51. The maximum absolute atomic E-state index is 8.78. The molecule has 1 nitrogen and oxygen atoms in total. The van der Waals surface area contributed by atoms with Crippen LogP contribution in [0.5, 0.6) is 0 Å². The third kappa shape index (κ3) is 1.53. The number of hydrogen-bond donors (Lipinski definition) is 0. The molecule has 0 N–H and O–H groups in total. The van der Waals surface area contributed by atoms with Crippen LogP contribution < -0.4 is 0 Å². The van der Waals surface area contributed by atoms with Gasteiger partial charge in [-0.05, 0) is 46.7 Å². The highest BCUT2D eigenvalue weighted by Crippen LogP contribution is 2.32. The maximum Gasteiger partial charge on any atom is 0.0670 e. The van der Waals surface area contributed by atoms with Crippen LogP contribution in [0.1, 0.15) is 11.1 Å². The molecule has 1 aromatic carbocycles. The minimum absolute atomic E-state index is 0.510. The van der Waals surface area contributed by atoms with Gasteiger partial charge in [0.05, 0.1) is 12.5 Å². The highest BCUT2D eigenvalue weighted by atomic mass is 127. The van der Waals surface area contributed by atoms with Gasteiger partial charge in [-0.25, -0.2) is 0 Å². The predicted molar refractivity (Wildman–Crippen MR) is 68.6 cm³/mol. The Morgan fingerprint density at radius 2 is 2.29 bits per heavy atom. The lowest BCUT2D eigenvalue weighted by atomic mass is 10.0. The standard InChI is InChI=1S/C11H8INS/c1-7-2-3-10-11(8(7)4-5-13)9(12)6-14-10/h2-3,6H,4H2,1H3. The molecule has 0 bridgehead atoms. The molecule has 0 amide bonds. The average Bonchev–Trinajstić information content (AvgIpc) is 2.53.